The lowest BCUT2D eigenvalue weighted by Gasteiger charge is -2.32. The fourth-order valence-corrected chi connectivity index (χ4v) is 3.35. The van der Waals surface area contributed by atoms with E-state index in [2.05, 4.69) is 34.6 Å². The van der Waals surface area contributed by atoms with Gasteiger partial charge in [0.25, 0.3) is 0 Å². The van der Waals surface area contributed by atoms with E-state index in [0.29, 0.717) is 6.04 Å². The first-order valence-electron chi connectivity index (χ1n) is 8.67. The highest BCUT2D eigenvalue weighted by Crippen LogP contribution is 2.23. The van der Waals surface area contributed by atoms with Crippen molar-refractivity contribution in [2.75, 3.05) is 44.7 Å². The SMILES string of the molecule is CC(c1ccc(NC(=O)C2CCNCC2)cc1)N1CCOCC1. The summed E-state index contributed by atoms with van der Waals surface area (Å²) in [6.45, 7) is 7.70. The summed E-state index contributed by atoms with van der Waals surface area (Å²) in [6.07, 6.45) is 1.86. The summed E-state index contributed by atoms with van der Waals surface area (Å²) in [5, 5.41) is 6.35. The van der Waals surface area contributed by atoms with Gasteiger partial charge in [-0.05, 0) is 50.6 Å². The van der Waals surface area contributed by atoms with Crippen LogP contribution in [0.4, 0.5) is 5.69 Å². The van der Waals surface area contributed by atoms with Crippen LogP contribution < -0.4 is 10.6 Å². The van der Waals surface area contributed by atoms with Gasteiger partial charge in [-0.1, -0.05) is 12.1 Å². The Hall–Kier alpha value is -1.43. The third-order valence-electron chi connectivity index (χ3n) is 4.96. The number of nitrogens with one attached hydrogen (secondary N) is 2. The van der Waals surface area contributed by atoms with Crippen LogP contribution in [0.5, 0.6) is 0 Å². The van der Waals surface area contributed by atoms with E-state index >= 15 is 0 Å². The Bertz CT molecular complexity index is 506. The van der Waals surface area contributed by atoms with Crippen molar-refractivity contribution in [2.24, 2.45) is 5.92 Å². The molecule has 1 unspecified atom stereocenters. The molecule has 2 saturated heterocycles. The topological polar surface area (TPSA) is 53.6 Å². The number of piperidine rings is 1. The zero-order valence-corrected chi connectivity index (χ0v) is 13.9. The fraction of sp³-hybridized carbons (Fsp3) is 0.611. The maximum absolute atomic E-state index is 12.3. The summed E-state index contributed by atoms with van der Waals surface area (Å²) in [7, 11) is 0. The Morgan fingerprint density at radius 1 is 1.22 bits per heavy atom. The normalized spacial score (nSPS) is 21.8. The standard InChI is InChI=1S/C18H27N3O2/c1-14(21-10-12-23-13-11-21)15-2-4-17(5-3-15)20-18(22)16-6-8-19-9-7-16/h2-5,14,16,19H,6-13H2,1H3,(H,20,22). The monoisotopic (exact) mass is 317 g/mol. The average molecular weight is 317 g/mol. The van der Waals surface area contributed by atoms with Gasteiger partial charge < -0.3 is 15.4 Å². The van der Waals surface area contributed by atoms with E-state index in [-0.39, 0.29) is 11.8 Å². The molecule has 1 amide bonds. The van der Waals surface area contributed by atoms with Crippen LogP contribution in [0.1, 0.15) is 31.4 Å². The molecule has 2 aliphatic heterocycles. The second-order valence-electron chi connectivity index (χ2n) is 6.46. The quantitative estimate of drug-likeness (QED) is 0.892. The van der Waals surface area contributed by atoms with E-state index in [9.17, 15) is 4.79 Å². The van der Waals surface area contributed by atoms with Crippen LogP contribution >= 0.6 is 0 Å². The van der Waals surface area contributed by atoms with Crippen molar-refractivity contribution in [1.29, 1.82) is 0 Å². The molecular formula is C18H27N3O2. The Labute approximate surface area is 138 Å². The lowest BCUT2D eigenvalue weighted by atomic mass is 9.97. The predicted molar refractivity (Wildman–Crippen MR) is 91.5 cm³/mol. The van der Waals surface area contributed by atoms with Crippen LogP contribution in [0.2, 0.25) is 0 Å². The Morgan fingerprint density at radius 3 is 2.52 bits per heavy atom. The predicted octanol–water partition coefficient (Wildman–Crippen LogP) is 2.02. The minimum absolute atomic E-state index is 0.142. The second kappa shape index (κ2) is 7.90. The number of benzene rings is 1. The molecule has 0 radical (unpaired) electrons. The Balaban J connectivity index is 1.56. The number of morpholine rings is 1. The first-order chi connectivity index (χ1) is 11.2. The maximum atomic E-state index is 12.3. The summed E-state index contributed by atoms with van der Waals surface area (Å²) < 4.78 is 5.41. The smallest absolute Gasteiger partial charge is 0.227 e. The molecule has 2 aliphatic rings. The summed E-state index contributed by atoms with van der Waals surface area (Å²) in [4.78, 5) is 14.7. The molecule has 1 aromatic carbocycles. The van der Waals surface area contributed by atoms with E-state index in [1.54, 1.807) is 0 Å². The third kappa shape index (κ3) is 4.31. The van der Waals surface area contributed by atoms with Gasteiger partial charge in [-0.2, -0.15) is 0 Å². The van der Waals surface area contributed by atoms with Crippen molar-refractivity contribution < 1.29 is 9.53 Å². The van der Waals surface area contributed by atoms with Gasteiger partial charge >= 0.3 is 0 Å². The van der Waals surface area contributed by atoms with Gasteiger partial charge in [0.2, 0.25) is 5.91 Å². The summed E-state index contributed by atoms with van der Waals surface area (Å²) >= 11 is 0. The largest absolute Gasteiger partial charge is 0.379 e. The first-order valence-corrected chi connectivity index (χ1v) is 8.67. The van der Waals surface area contributed by atoms with Crippen molar-refractivity contribution in [3.8, 4) is 0 Å². The Kier molecular flexibility index (Phi) is 5.65. The molecule has 126 valence electrons. The zero-order chi connectivity index (χ0) is 16.1. The van der Waals surface area contributed by atoms with Gasteiger partial charge in [0.15, 0.2) is 0 Å². The number of carbonyl (C=O) groups excluding carboxylic acids is 1. The van der Waals surface area contributed by atoms with Crippen molar-refractivity contribution in [2.45, 2.75) is 25.8 Å². The van der Waals surface area contributed by atoms with E-state index in [0.717, 1.165) is 57.9 Å². The van der Waals surface area contributed by atoms with E-state index < -0.39 is 0 Å². The third-order valence-corrected chi connectivity index (χ3v) is 4.96. The van der Waals surface area contributed by atoms with Crippen molar-refractivity contribution in [3.05, 3.63) is 29.8 Å². The number of ether oxygens (including phenoxy) is 1. The molecule has 5 nitrogen and oxygen atoms in total. The number of amides is 1. The van der Waals surface area contributed by atoms with E-state index in [1.807, 2.05) is 12.1 Å². The number of anilines is 1. The molecule has 0 aliphatic carbocycles. The van der Waals surface area contributed by atoms with Crippen LogP contribution in [0.25, 0.3) is 0 Å². The van der Waals surface area contributed by atoms with Gasteiger partial charge in [-0.3, -0.25) is 9.69 Å². The van der Waals surface area contributed by atoms with Crippen LogP contribution in [0.15, 0.2) is 24.3 Å². The lowest BCUT2D eigenvalue weighted by Crippen LogP contribution is -2.38. The molecule has 5 heteroatoms. The van der Waals surface area contributed by atoms with Crippen LogP contribution in [-0.2, 0) is 9.53 Å². The molecule has 0 saturated carbocycles. The highest BCUT2D eigenvalue weighted by atomic mass is 16.5. The van der Waals surface area contributed by atoms with Gasteiger partial charge in [-0.25, -0.2) is 0 Å². The van der Waals surface area contributed by atoms with Crippen molar-refractivity contribution in [3.63, 3.8) is 0 Å². The molecule has 3 rings (SSSR count). The molecule has 0 aromatic heterocycles. The fourth-order valence-electron chi connectivity index (χ4n) is 3.35. The number of nitrogens with zero attached hydrogens (tertiary/aromatic N) is 1. The van der Waals surface area contributed by atoms with Gasteiger partial charge in [0.05, 0.1) is 13.2 Å². The maximum Gasteiger partial charge on any atom is 0.227 e. The number of hydrogen-bond acceptors (Lipinski definition) is 4. The molecule has 23 heavy (non-hydrogen) atoms. The number of carbonyl (C=O) groups is 1. The van der Waals surface area contributed by atoms with Crippen LogP contribution in [0, 0.1) is 5.92 Å². The van der Waals surface area contributed by atoms with Crippen molar-refractivity contribution >= 4 is 11.6 Å². The highest BCUT2D eigenvalue weighted by Gasteiger charge is 2.21. The molecule has 2 N–H and O–H groups in total. The minimum atomic E-state index is 0.142. The number of hydrogen-bond donors (Lipinski definition) is 2. The number of rotatable bonds is 4. The summed E-state index contributed by atoms with van der Waals surface area (Å²) in [5.41, 5.74) is 2.18. The molecule has 0 spiro atoms. The second-order valence-corrected chi connectivity index (χ2v) is 6.46. The Morgan fingerprint density at radius 2 is 1.87 bits per heavy atom. The van der Waals surface area contributed by atoms with Crippen LogP contribution in [0.3, 0.4) is 0 Å². The van der Waals surface area contributed by atoms with Gasteiger partial charge in [0, 0.05) is 30.7 Å². The van der Waals surface area contributed by atoms with Crippen LogP contribution in [-0.4, -0.2) is 50.2 Å². The first kappa shape index (κ1) is 16.4. The summed E-state index contributed by atoms with van der Waals surface area (Å²) in [6, 6.07) is 8.67. The van der Waals surface area contributed by atoms with E-state index in [4.69, 9.17) is 4.74 Å². The lowest BCUT2D eigenvalue weighted by molar-refractivity contribution is -0.120. The van der Waals surface area contributed by atoms with Gasteiger partial charge in [-0.15, -0.1) is 0 Å². The summed E-state index contributed by atoms with van der Waals surface area (Å²) in [5.74, 6) is 0.295. The zero-order valence-electron chi connectivity index (χ0n) is 13.9. The molecule has 1 atom stereocenters. The van der Waals surface area contributed by atoms with Gasteiger partial charge in [0.1, 0.15) is 0 Å². The molecule has 0 bridgehead atoms. The molecular weight excluding hydrogens is 290 g/mol. The van der Waals surface area contributed by atoms with Crippen molar-refractivity contribution in [1.82, 2.24) is 10.2 Å². The molecule has 2 fully saturated rings. The highest BCUT2D eigenvalue weighted by molar-refractivity contribution is 5.92. The molecule has 1 aromatic rings. The molecule has 2 heterocycles. The minimum Gasteiger partial charge on any atom is -0.379 e. The average Bonchev–Trinajstić information content (AvgIpc) is 2.63. The van der Waals surface area contributed by atoms with E-state index in [1.165, 1.54) is 5.56 Å².